The van der Waals surface area contributed by atoms with Gasteiger partial charge in [0.05, 0.1) is 4.90 Å². The summed E-state index contributed by atoms with van der Waals surface area (Å²) in [6.07, 6.45) is 2.48. The molecule has 0 atom stereocenters. The maximum atomic E-state index is 13.1. The second-order valence-electron chi connectivity index (χ2n) is 8.66. The van der Waals surface area contributed by atoms with E-state index in [1.807, 2.05) is 60.2 Å². The third-order valence-electron chi connectivity index (χ3n) is 6.06. The lowest BCUT2D eigenvalue weighted by atomic mass is 10.0. The maximum Gasteiger partial charge on any atom is 0.328 e. The molecular weight excluding hydrogens is 534 g/mol. The van der Waals surface area contributed by atoms with E-state index in [1.165, 1.54) is 17.8 Å². The summed E-state index contributed by atoms with van der Waals surface area (Å²) in [5.74, 6) is 0.216. The Morgan fingerprint density at radius 2 is 1.62 bits per heavy atom. The van der Waals surface area contributed by atoms with Gasteiger partial charge in [-0.15, -0.1) is 11.8 Å². The van der Waals surface area contributed by atoms with Crippen LogP contribution in [0, 0.1) is 0 Å². The summed E-state index contributed by atoms with van der Waals surface area (Å²) >= 11 is 1.37. The van der Waals surface area contributed by atoms with Crippen LogP contribution in [-0.4, -0.2) is 36.2 Å². The molecule has 0 saturated heterocycles. The van der Waals surface area contributed by atoms with Gasteiger partial charge >= 0.3 is 6.03 Å². The smallest absolute Gasteiger partial charge is 0.328 e. The van der Waals surface area contributed by atoms with Crippen LogP contribution in [0.25, 0.3) is 11.1 Å². The van der Waals surface area contributed by atoms with E-state index in [9.17, 15) is 18.0 Å². The van der Waals surface area contributed by atoms with Gasteiger partial charge in [-0.25, -0.2) is 22.9 Å². The Bertz CT molecular complexity index is 1580. The van der Waals surface area contributed by atoms with E-state index in [0.29, 0.717) is 34.8 Å². The Hall–Kier alpha value is -4.09. The van der Waals surface area contributed by atoms with Crippen LogP contribution < -0.4 is 15.8 Å². The SMILES string of the molecule is CCc1nc(SC)c(C(N)=O)n1Cc1ccc(-c2ccccc2S(=O)(=O)NC(=O)NCc2ccccc2)cc1. The number of rotatable bonds is 10. The molecule has 202 valence electrons. The van der Waals surface area contributed by atoms with Crippen molar-refractivity contribution in [2.24, 2.45) is 5.73 Å². The summed E-state index contributed by atoms with van der Waals surface area (Å²) in [5, 5.41) is 3.16. The fraction of sp³-hybridized carbons (Fsp3) is 0.179. The highest BCUT2D eigenvalue weighted by atomic mass is 32.2. The van der Waals surface area contributed by atoms with Gasteiger partial charge in [0.1, 0.15) is 16.5 Å². The maximum absolute atomic E-state index is 13.1. The van der Waals surface area contributed by atoms with E-state index >= 15 is 0 Å². The summed E-state index contributed by atoms with van der Waals surface area (Å²) in [5.41, 5.74) is 8.87. The molecule has 1 aromatic heterocycles. The first kappa shape index (κ1) is 27.9. The summed E-state index contributed by atoms with van der Waals surface area (Å²) in [7, 11) is -4.15. The molecule has 4 N–H and O–H groups in total. The summed E-state index contributed by atoms with van der Waals surface area (Å²) < 4.78 is 30.2. The number of hydrogen-bond donors (Lipinski definition) is 3. The number of carbonyl (C=O) groups excluding carboxylic acids is 2. The number of carbonyl (C=O) groups is 2. The van der Waals surface area contributed by atoms with E-state index in [1.54, 1.807) is 30.3 Å². The average molecular weight is 564 g/mol. The number of primary amides is 1. The zero-order chi connectivity index (χ0) is 28.0. The Morgan fingerprint density at radius 1 is 0.949 bits per heavy atom. The van der Waals surface area contributed by atoms with E-state index in [2.05, 4.69) is 15.0 Å². The minimum Gasteiger partial charge on any atom is -0.364 e. The van der Waals surface area contributed by atoms with Crippen molar-refractivity contribution >= 4 is 33.7 Å². The number of benzene rings is 3. The van der Waals surface area contributed by atoms with Gasteiger partial charge in [-0.05, 0) is 29.0 Å². The number of nitrogens with zero attached hydrogens (tertiary/aromatic N) is 2. The number of urea groups is 1. The minimum absolute atomic E-state index is 0.0175. The standard InChI is InChI=1S/C28H29N5O4S2/c1-3-24-31-27(38-2)25(26(29)34)33(24)18-20-13-15-21(16-14-20)22-11-7-8-12-23(22)39(36,37)32-28(35)30-17-19-9-5-4-6-10-19/h4-16H,3,17-18H2,1-2H3,(H2,29,34)(H2,30,32,35). The number of nitrogens with one attached hydrogen (secondary N) is 2. The molecule has 0 fully saturated rings. The molecule has 0 spiro atoms. The topological polar surface area (TPSA) is 136 Å². The van der Waals surface area contributed by atoms with Gasteiger partial charge in [0, 0.05) is 25.1 Å². The number of thioether (sulfide) groups is 1. The van der Waals surface area contributed by atoms with Gasteiger partial charge < -0.3 is 15.6 Å². The molecule has 9 nitrogen and oxygen atoms in total. The Balaban J connectivity index is 1.55. The van der Waals surface area contributed by atoms with Crippen molar-refractivity contribution < 1.29 is 18.0 Å². The summed E-state index contributed by atoms with van der Waals surface area (Å²) in [4.78, 5) is 29.0. The number of amides is 3. The summed E-state index contributed by atoms with van der Waals surface area (Å²) in [6, 6.07) is 22.2. The normalized spacial score (nSPS) is 11.2. The van der Waals surface area contributed by atoms with Crippen LogP contribution in [0.5, 0.6) is 0 Å². The molecular formula is C28H29N5O4S2. The predicted molar refractivity (Wildman–Crippen MR) is 152 cm³/mol. The van der Waals surface area contributed by atoms with Crippen molar-refractivity contribution in [3.63, 3.8) is 0 Å². The number of nitrogens with two attached hydrogens (primary N) is 1. The highest BCUT2D eigenvalue weighted by Gasteiger charge is 2.23. The highest BCUT2D eigenvalue weighted by Crippen LogP contribution is 2.28. The molecule has 0 unspecified atom stereocenters. The van der Waals surface area contributed by atoms with Gasteiger partial charge in [-0.1, -0.05) is 79.7 Å². The van der Waals surface area contributed by atoms with E-state index in [4.69, 9.17) is 5.73 Å². The van der Waals surface area contributed by atoms with Crippen LogP contribution in [0.3, 0.4) is 0 Å². The Labute approximate surface area is 231 Å². The lowest BCUT2D eigenvalue weighted by Gasteiger charge is -2.14. The first-order valence-corrected chi connectivity index (χ1v) is 14.9. The average Bonchev–Trinajstić information content (AvgIpc) is 3.30. The van der Waals surface area contributed by atoms with E-state index < -0.39 is 22.0 Å². The van der Waals surface area contributed by atoms with Crippen molar-refractivity contribution in [1.29, 1.82) is 0 Å². The molecule has 39 heavy (non-hydrogen) atoms. The molecule has 0 aliphatic carbocycles. The first-order chi connectivity index (χ1) is 18.7. The second kappa shape index (κ2) is 12.2. The number of hydrogen-bond acceptors (Lipinski definition) is 6. The predicted octanol–water partition coefficient (Wildman–Crippen LogP) is 4.17. The van der Waals surface area contributed by atoms with Gasteiger partial charge in [-0.2, -0.15) is 0 Å². The molecule has 11 heteroatoms. The molecule has 0 aliphatic rings. The van der Waals surface area contributed by atoms with Crippen molar-refractivity contribution in [3.05, 3.63) is 102 Å². The Morgan fingerprint density at radius 3 is 2.26 bits per heavy atom. The lowest BCUT2D eigenvalue weighted by molar-refractivity contribution is 0.0988. The molecule has 0 bridgehead atoms. The second-order valence-corrected chi connectivity index (χ2v) is 11.1. The lowest BCUT2D eigenvalue weighted by Crippen LogP contribution is -2.39. The third-order valence-corrected chi connectivity index (χ3v) is 8.12. The molecule has 4 aromatic rings. The zero-order valence-corrected chi connectivity index (χ0v) is 23.2. The minimum atomic E-state index is -4.15. The van der Waals surface area contributed by atoms with Gasteiger partial charge in [0.25, 0.3) is 15.9 Å². The zero-order valence-electron chi connectivity index (χ0n) is 21.5. The molecule has 3 aromatic carbocycles. The van der Waals surface area contributed by atoms with Crippen LogP contribution in [0.4, 0.5) is 4.79 Å². The first-order valence-electron chi connectivity index (χ1n) is 12.2. The number of imidazole rings is 1. The third kappa shape index (κ3) is 6.50. The van der Waals surface area contributed by atoms with Crippen molar-refractivity contribution in [2.75, 3.05) is 6.26 Å². The number of aryl methyl sites for hydroxylation is 1. The molecule has 3 amide bonds. The summed E-state index contributed by atoms with van der Waals surface area (Å²) in [6.45, 7) is 2.54. The molecule has 1 heterocycles. The van der Waals surface area contributed by atoms with Crippen LogP contribution >= 0.6 is 11.8 Å². The number of sulfonamides is 1. The van der Waals surface area contributed by atoms with E-state index in [0.717, 1.165) is 17.0 Å². The van der Waals surface area contributed by atoms with Crippen LogP contribution in [0.1, 0.15) is 34.4 Å². The van der Waals surface area contributed by atoms with Crippen molar-refractivity contribution in [3.8, 4) is 11.1 Å². The van der Waals surface area contributed by atoms with Crippen LogP contribution in [0.15, 0.2) is 88.8 Å². The quantitative estimate of drug-likeness (QED) is 0.248. The van der Waals surface area contributed by atoms with Crippen LogP contribution in [-0.2, 0) is 29.5 Å². The molecule has 0 saturated carbocycles. The molecule has 0 radical (unpaired) electrons. The largest absolute Gasteiger partial charge is 0.364 e. The molecule has 4 rings (SSSR count). The monoisotopic (exact) mass is 563 g/mol. The van der Waals surface area contributed by atoms with Gasteiger partial charge in [0.2, 0.25) is 0 Å². The highest BCUT2D eigenvalue weighted by molar-refractivity contribution is 7.98. The number of aromatic nitrogens is 2. The fourth-order valence-electron chi connectivity index (χ4n) is 4.20. The van der Waals surface area contributed by atoms with Crippen LogP contribution in [0.2, 0.25) is 0 Å². The van der Waals surface area contributed by atoms with Gasteiger partial charge in [0.15, 0.2) is 0 Å². The fourth-order valence-corrected chi connectivity index (χ4v) is 5.96. The van der Waals surface area contributed by atoms with Crippen molar-refractivity contribution in [2.45, 2.75) is 36.4 Å². The molecule has 0 aliphatic heterocycles. The van der Waals surface area contributed by atoms with E-state index in [-0.39, 0.29) is 11.4 Å². The Kier molecular flexibility index (Phi) is 8.72. The van der Waals surface area contributed by atoms with Gasteiger partial charge in [-0.3, -0.25) is 4.79 Å². The van der Waals surface area contributed by atoms with Crippen molar-refractivity contribution in [1.82, 2.24) is 19.6 Å².